The third-order valence-corrected chi connectivity index (χ3v) is 2.17. The molecule has 2 N–H and O–H groups in total. The summed E-state index contributed by atoms with van der Waals surface area (Å²) in [6.45, 7) is 0. The summed E-state index contributed by atoms with van der Waals surface area (Å²) in [5.74, 6) is 0. The number of rotatable bonds is 2. The highest BCUT2D eigenvalue weighted by Gasteiger charge is 1.87. The second kappa shape index (κ2) is 3.76. The van der Waals surface area contributed by atoms with Crippen molar-refractivity contribution in [2.24, 2.45) is 5.14 Å². The van der Waals surface area contributed by atoms with Crippen LogP contribution in [0.3, 0.4) is 0 Å². The number of hydrogen-bond acceptors (Lipinski definition) is 4. The van der Waals surface area contributed by atoms with Crippen LogP contribution in [0.25, 0.3) is 0 Å². The third kappa shape index (κ3) is 2.26. The minimum absolute atomic E-state index is 1.09. The van der Waals surface area contributed by atoms with Crippen molar-refractivity contribution in [3.63, 3.8) is 0 Å². The molecule has 0 aromatic carbocycles. The van der Waals surface area contributed by atoms with E-state index in [1.165, 1.54) is 21.8 Å². The molecule has 0 aliphatic rings. The third-order valence-electron chi connectivity index (χ3n) is 0.779. The maximum absolute atomic E-state index is 5.21. The molecular formula is C5H6N2S2. The lowest BCUT2D eigenvalue weighted by Gasteiger charge is -1.91. The smallest absolute Gasteiger partial charge is 0.0413 e. The van der Waals surface area contributed by atoms with Crippen LogP contribution in [0.1, 0.15) is 0 Å². The van der Waals surface area contributed by atoms with Crippen LogP contribution in [0.4, 0.5) is 0 Å². The fraction of sp³-hybridized carbons (Fsp3) is 0. The van der Waals surface area contributed by atoms with Gasteiger partial charge in [0.25, 0.3) is 0 Å². The first kappa shape index (κ1) is 6.92. The fourth-order valence-electron chi connectivity index (χ4n) is 0.452. The molecule has 0 fully saturated rings. The predicted molar refractivity (Wildman–Crippen MR) is 41.9 cm³/mol. The second-order valence-corrected chi connectivity index (χ2v) is 3.28. The van der Waals surface area contributed by atoms with Crippen molar-refractivity contribution in [2.45, 2.75) is 4.90 Å². The largest absolute Gasteiger partial charge is 0.268 e. The molecule has 0 unspecified atom stereocenters. The van der Waals surface area contributed by atoms with E-state index in [1.54, 1.807) is 12.4 Å². The highest BCUT2D eigenvalue weighted by molar-refractivity contribution is 8.75. The maximum Gasteiger partial charge on any atom is 0.0413 e. The minimum Gasteiger partial charge on any atom is -0.268 e. The Morgan fingerprint density at radius 1 is 1.56 bits per heavy atom. The number of nitrogens with zero attached hydrogens (tertiary/aromatic N) is 1. The zero-order valence-electron chi connectivity index (χ0n) is 4.65. The molecule has 0 aliphatic carbocycles. The van der Waals surface area contributed by atoms with Gasteiger partial charge in [-0.2, -0.15) is 0 Å². The van der Waals surface area contributed by atoms with Gasteiger partial charge in [-0.1, -0.05) is 0 Å². The van der Waals surface area contributed by atoms with E-state index >= 15 is 0 Å². The normalized spacial score (nSPS) is 9.44. The van der Waals surface area contributed by atoms with Crippen molar-refractivity contribution in [3.05, 3.63) is 24.5 Å². The minimum atomic E-state index is 1.09. The lowest BCUT2D eigenvalue weighted by molar-refractivity contribution is 1.24. The molecule has 1 aromatic rings. The van der Waals surface area contributed by atoms with Crippen LogP contribution in [0.5, 0.6) is 0 Å². The quantitative estimate of drug-likeness (QED) is 0.525. The Labute approximate surface area is 61.8 Å². The molecule has 4 heteroatoms. The van der Waals surface area contributed by atoms with Gasteiger partial charge in [-0.25, -0.2) is 0 Å². The van der Waals surface area contributed by atoms with Crippen molar-refractivity contribution in [1.82, 2.24) is 4.98 Å². The zero-order chi connectivity index (χ0) is 6.53. The van der Waals surface area contributed by atoms with Gasteiger partial charge in [-0.3, -0.25) is 10.1 Å². The highest BCUT2D eigenvalue weighted by Crippen LogP contribution is 2.24. The number of nitrogens with two attached hydrogens (primary N) is 1. The Morgan fingerprint density at radius 3 is 3.00 bits per heavy atom. The van der Waals surface area contributed by atoms with Crippen molar-refractivity contribution in [1.29, 1.82) is 0 Å². The molecule has 2 nitrogen and oxygen atoms in total. The summed E-state index contributed by atoms with van der Waals surface area (Å²) in [7, 11) is 2.74. The van der Waals surface area contributed by atoms with Crippen LogP contribution in [-0.2, 0) is 0 Å². The predicted octanol–water partition coefficient (Wildman–Crippen LogP) is 1.70. The van der Waals surface area contributed by atoms with Crippen molar-refractivity contribution in [2.75, 3.05) is 0 Å². The second-order valence-electron chi connectivity index (χ2n) is 1.37. The molecule has 0 radical (unpaired) electrons. The average Bonchev–Trinajstić information content (AvgIpc) is 1.91. The van der Waals surface area contributed by atoms with Crippen LogP contribution in [0, 0.1) is 0 Å². The van der Waals surface area contributed by atoms with Gasteiger partial charge >= 0.3 is 0 Å². The summed E-state index contributed by atoms with van der Waals surface area (Å²) >= 11 is 0. The van der Waals surface area contributed by atoms with E-state index in [0.29, 0.717) is 0 Å². The Balaban J connectivity index is 2.61. The van der Waals surface area contributed by atoms with Crippen molar-refractivity contribution >= 4 is 21.8 Å². The summed E-state index contributed by atoms with van der Waals surface area (Å²) in [6, 6.07) is 3.86. The molecule has 1 heterocycles. The molecule has 0 spiro atoms. The van der Waals surface area contributed by atoms with E-state index in [9.17, 15) is 0 Å². The van der Waals surface area contributed by atoms with E-state index in [1.807, 2.05) is 12.1 Å². The van der Waals surface area contributed by atoms with Crippen LogP contribution >= 0.6 is 21.8 Å². The monoisotopic (exact) mass is 158 g/mol. The molecule has 0 bridgehead atoms. The molecule has 0 saturated heterocycles. The van der Waals surface area contributed by atoms with E-state index in [4.69, 9.17) is 5.14 Å². The molecular weight excluding hydrogens is 152 g/mol. The van der Waals surface area contributed by atoms with Crippen LogP contribution in [0.15, 0.2) is 29.4 Å². The van der Waals surface area contributed by atoms with Crippen molar-refractivity contribution < 1.29 is 0 Å². The molecule has 0 aliphatic heterocycles. The van der Waals surface area contributed by atoms with Gasteiger partial charge in [-0.05, 0) is 33.9 Å². The molecule has 9 heavy (non-hydrogen) atoms. The zero-order valence-corrected chi connectivity index (χ0v) is 6.28. The molecule has 1 rings (SSSR count). The Bertz CT molecular complexity index is 166. The molecule has 1 aromatic heterocycles. The topological polar surface area (TPSA) is 38.9 Å². The molecule has 0 atom stereocenters. The summed E-state index contributed by atoms with van der Waals surface area (Å²) < 4.78 is 0. The number of pyridine rings is 1. The van der Waals surface area contributed by atoms with Gasteiger partial charge in [-0.15, -0.1) is 0 Å². The van der Waals surface area contributed by atoms with E-state index in [-0.39, 0.29) is 0 Å². The van der Waals surface area contributed by atoms with Gasteiger partial charge in [0.2, 0.25) is 0 Å². The van der Waals surface area contributed by atoms with E-state index in [0.717, 1.165) is 4.90 Å². The van der Waals surface area contributed by atoms with Gasteiger partial charge < -0.3 is 0 Å². The summed E-state index contributed by atoms with van der Waals surface area (Å²) in [4.78, 5) is 5.00. The van der Waals surface area contributed by atoms with Crippen LogP contribution in [0.2, 0.25) is 0 Å². The summed E-state index contributed by atoms with van der Waals surface area (Å²) in [6.07, 6.45) is 3.52. The van der Waals surface area contributed by atoms with E-state index in [2.05, 4.69) is 4.98 Å². The molecule has 0 amide bonds. The Morgan fingerprint density at radius 2 is 2.44 bits per heavy atom. The number of hydrogen-bond donors (Lipinski definition) is 1. The van der Waals surface area contributed by atoms with Crippen LogP contribution in [-0.4, -0.2) is 4.98 Å². The standard InChI is InChI=1S/C5H6N2S2/c6-9-8-5-2-1-3-7-4-5/h1-4H,6H2. The number of aromatic nitrogens is 1. The fourth-order valence-corrected chi connectivity index (χ4v) is 1.43. The summed E-state index contributed by atoms with van der Waals surface area (Å²) in [5, 5.41) is 5.21. The van der Waals surface area contributed by atoms with Crippen LogP contribution < -0.4 is 5.14 Å². The first-order chi connectivity index (χ1) is 4.43. The van der Waals surface area contributed by atoms with Crippen molar-refractivity contribution in [3.8, 4) is 0 Å². The first-order valence-corrected chi connectivity index (χ1v) is 4.58. The van der Waals surface area contributed by atoms with Gasteiger partial charge in [0, 0.05) is 17.3 Å². The Hall–Kier alpha value is -0.190. The SMILES string of the molecule is NSSc1cccnc1. The Kier molecular flexibility index (Phi) is 2.90. The first-order valence-electron chi connectivity index (χ1n) is 2.37. The highest BCUT2D eigenvalue weighted by atomic mass is 33.1. The summed E-state index contributed by atoms with van der Waals surface area (Å²) in [5.41, 5.74) is 0. The maximum atomic E-state index is 5.21. The van der Waals surface area contributed by atoms with Gasteiger partial charge in [0.1, 0.15) is 0 Å². The lowest BCUT2D eigenvalue weighted by atomic mass is 10.5. The lowest BCUT2D eigenvalue weighted by Crippen LogP contribution is -1.73. The van der Waals surface area contributed by atoms with E-state index < -0.39 is 0 Å². The molecule has 48 valence electrons. The van der Waals surface area contributed by atoms with Gasteiger partial charge in [0.05, 0.1) is 0 Å². The molecule has 0 saturated carbocycles. The average molecular weight is 158 g/mol. The van der Waals surface area contributed by atoms with Gasteiger partial charge in [0.15, 0.2) is 0 Å².